The Balaban J connectivity index is 1.38. The number of carbonyl (C=O) groups excluding carboxylic acids is 1. The number of carbonyl (C=O) groups is 1. The summed E-state index contributed by atoms with van der Waals surface area (Å²) in [6.07, 6.45) is 5.22. The van der Waals surface area contributed by atoms with Crippen molar-refractivity contribution >= 4 is 33.8 Å². The Morgan fingerprint density at radius 2 is 1.97 bits per heavy atom. The summed E-state index contributed by atoms with van der Waals surface area (Å²) >= 11 is 1.45. The molecular formula is C21H24N6O2S. The number of thiazole rings is 1. The van der Waals surface area contributed by atoms with Crippen LogP contribution in [0.5, 0.6) is 0 Å². The van der Waals surface area contributed by atoms with Gasteiger partial charge in [-0.05, 0) is 32.0 Å². The fourth-order valence-corrected chi connectivity index (χ4v) is 4.62. The third-order valence-corrected chi connectivity index (χ3v) is 6.78. The van der Waals surface area contributed by atoms with Crippen molar-refractivity contribution in [3.05, 3.63) is 51.4 Å². The maximum atomic E-state index is 12.8. The molecule has 9 heteroatoms. The molecule has 156 valence electrons. The summed E-state index contributed by atoms with van der Waals surface area (Å²) in [6, 6.07) is 4.87. The second kappa shape index (κ2) is 7.81. The summed E-state index contributed by atoms with van der Waals surface area (Å²) in [6.45, 7) is 3.51. The molecule has 0 radical (unpaired) electrons. The Kier molecular flexibility index (Phi) is 5.00. The molecule has 0 aromatic carbocycles. The highest BCUT2D eigenvalue weighted by atomic mass is 32.1. The minimum Gasteiger partial charge on any atom is -0.354 e. The van der Waals surface area contributed by atoms with Gasteiger partial charge in [0.05, 0.1) is 5.69 Å². The van der Waals surface area contributed by atoms with E-state index in [0.717, 1.165) is 31.9 Å². The normalized spacial score (nSPS) is 17.8. The topological polar surface area (TPSA) is 82.8 Å². The van der Waals surface area contributed by atoms with E-state index in [2.05, 4.69) is 32.1 Å². The summed E-state index contributed by atoms with van der Waals surface area (Å²) in [4.78, 5) is 38.9. The number of hydrogen-bond donors (Lipinski definition) is 1. The van der Waals surface area contributed by atoms with E-state index in [1.54, 1.807) is 24.4 Å². The van der Waals surface area contributed by atoms with E-state index >= 15 is 0 Å². The van der Waals surface area contributed by atoms with Gasteiger partial charge in [0.1, 0.15) is 11.5 Å². The zero-order valence-electron chi connectivity index (χ0n) is 16.9. The van der Waals surface area contributed by atoms with E-state index in [1.807, 2.05) is 5.38 Å². The van der Waals surface area contributed by atoms with Gasteiger partial charge in [0.15, 0.2) is 5.13 Å². The quantitative estimate of drug-likeness (QED) is 0.693. The molecule has 1 saturated heterocycles. The maximum absolute atomic E-state index is 12.8. The van der Waals surface area contributed by atoms with E-state index < -0.39 is 0 Å². The highest BCUT2D eigenvalue weighted by Gasteiger charge is 2.22. The molecule has 4 heterocycles. The SMILES string of the molecule is CN1CCN(c2cc(=O)n3ccc(C(=O)Nc4nc(C5CCC5)cs4)cc3n2)CC1. The minimum atomic E-state index is -0.244. The van der Waals surface area contributed by atoms with E-state index in [9.17, 15) is 9.59 Å². The smallest absolute Gasteiger partial charge is 0.259 e. The largest absolute Gasteiger partial charge is 0.354 e. The summed E-state index contributed by atoms with van der Waals surface area (Å²) < 4.78 is 1.47. The van der Waals surface area contributed by atoms with Crippen LogP contribution in [0.1, 0.15) is 41.2 Å². The number of aromatic nitrogens is 3. The monoisotopic (exact) mass is 424 g/mol. The molecule has 1 amide bonds. The van der Waals surface area contributed by atoms with Crippen molar-refractivity contribution in [2.45, 2.75) is 25.2 Å². The van der Waals surface area contributed by atoms with Gasteiger partial charge in [-0.1, -0.05) is 6.42 Å². The summed E-state index contributed by atoms with van der Waals surface area (Å²) in [5.41, 5.74) is 1.85. The number of amides is 1. The number of anilines is 2. The van der Waals surface area contributed by atoms with Gasteiger partial charge in [-0.2, -0.15) is 0 Å². The molecule has 3 aromatic rings. The molecule has 2 aliphatic rings. The van der Waals surface area contributed by atoms with Crippen molar-refractivity contribution in [1.82, 2.24) is 19.3 Å². The van der Waals surface area contributed by atoms with E-state index in [-0.39, 0.29) is 11.5 Å². The first kappa shape index (κ1) is 19.2. The van der Waals surface area contributed by atoms with Crippen LogP contribution in [0.25, 0.3) is 5.65 Å². The lowest BCUT2D eigenvalue weighted by molar-refractivity contribution is 0.102. The molecule has 5 rings (SSSR count). The number of piperazine rings is 1. The summed E-state index contributed by atoms with van der Waals surface area (Å²) in [5, 5.41) is 5.52. The van der Waals surface area contributed by atoms with E-state index in [1.165, 1.54) is 35.0 Å². The maximum Gasteiger partial charge on any atom is 0.259 e. The Morgan fingerprint density at radius 1 is 1.17 bits per heavy atom. The molecule has 3 aromatic heterocycles. The second-order valence-electron chi connectivity index (χ2n) is 8.05. The third-order valence-electron chi connectivity index (χ3n) is 6.01. The highest BCUT2D eigenvalue weighted by Crippen LogP contribution is 2.37. The number of nitrogens with one attached hydrogen (secondary N) is 1. The number of hydrogen-bond acceptors (Lipinski definition) is 7. The van der Waals surface area contributed by atoms with Crippen LogP contribution in [-0.4, -0.2) is 58.4 Å². The average molecular weight is 425 g/mol. The Morgan fingerprint density at radius 3 is 2.70 bits per heavy atom. The van der Waals surface area contributed by atoms with Crippen LogP contribution in [0.3, 0.4) is 0 Å². The first-order valence-corrected chi connectivity index (χ1v) is 11.2. The molecule has 1 saturated carbocycles. The van der Waals surface area contributed by atoms with Gasteiger partial charge in [0, 0.05) is 55.3 Å². The standard InChI is InChI=1S/C21H24N6O2S/c1-25-7-9-26(10-8-25)17-12-19(28)27-6-5-15(11-18(27)23-17)20(29)24-21-22-16(13-30-21)14-3-2-4-14/h5-6,11-14H,2-4,7-10H2,1H3,(H,22,24,29). The molecule has 0 atom stereocenters. The van der Waals surface area contributed by atoms with Gasteiger partial charge >= 0.3 is 0 Å². The average Bonchev–Trinajstić information content (AvgIpc) is 3.14. The summed E-state index contributed by atoms with van der Waals surface area (Å²) in [5.74, 6) is 0.957. The number of fused-ring (bicyclic) bond motifs is 1. The fourth-order valence-electron chi connectivity index (χ4n) is 3.83. The highest BCUT2D eigenvalue weighted by molar-refractivity contribution is 7.14. The fraction of sp³-hybridized carbons (Fsp3) is 0.429. The number of nitrogens with zero attached hydrogens (tertiary/aromatic N) is 5. The molecule has 8 nitrogen and oxygen atoms in total. The van der Waals surface area contributed by atoms with Gasteiger partial charge in [-0.3, -0.25) is 19.3 Å². The first-order chi connectivity index (χ1) is 14.6. The number of pyridine rings is 1. The second-order valence-corrected chi connectivity index (χ2v) is 8.90. The van der Waals surface area contributed by atoms with Crippen LogP contribution < -0.4 is 15.8 Å². The van der Waals surface area contributed by atoms with Crippen LogP contribution in [0.2, 0.25) is 0 Å². The molecule has 0 bridgehead atoms. The Bertz CT molecular complexity index is 1140. The molecule has 1 aliphatic heterocycles. The van der Waals surface area contributed by atoms with Crippen molar-refractivity contribution in [3.63, 3.8) is 0 Å². The van der Waals surface area contributed by atoms with Crippen LogP contribution in [-0.2, 0) is 0 Å². The lowest BCUT2D eigenvalue weighted by Crippen LogP contribution is -2.45. The molecule has 0 spiro atoms. The third kappa shape index (κ3) is 3.70. The Hall–Kier alpha value is -2.78. The number of rotatable bonds is 4. The van der Waals surface area contributed by atoms with Gasteiger partial charge in [-0.15, -0.1) is 11.3 Å². The first-order valence-electron chi connectivity index (χ1n) is 10.3. The van der Waals surface area contributed by atoms with Crippen LogP contribution >= 0.6 is 11.3 Å². The zero-order valence-corrected chi connectivity index (χ0v) is 17.7. The van der Waals surface area contributed by atoms with Gasteiger partial charge in [-0.25, -0.2) is 9.97 Å². The van der Waals surface area contributed by atoms with Gasteiger partial charge in [0.2, 0.25) is 0 Å². The molecule has 30 heavy (non-hydrogen) atoms. The zero-order chi connectivity index (χ0) is 20.7. The molecule has 0 unspecified atom stereocenters. The van der Waals surface area contributed by atoms with Gasteiger partial charge in [0.25, 0.3) is 11.5 Å². The lowest BCUT2D eigenvalue weighted by Gasteiger charge is -2.33. The molecular weight excluding hydrogens is 400 g/mol. The van der Waals surface area contributed by atoms with Crippen LogP contribution in [0, 0.1) is 0 Å². The van der Waals surface area contributed by atoms with Crippen molar-refractivity contribution in [2.24, 2.45) is 0 Å². The van der Waals surface area contributed by atoms with Crippen LogP contribution in [0.4, 0.5) is 10.9 Å². The Labute approximate surface area is 178 Å². The van der Waals surface area contributed by atoms with Crippen molar-refractivity contribution < 1.29 is 4.79 Å². The van der Waals surface area contributed by atoms with E-state index in [0.29, 0.717) is 28.1 Å². The van der Waals surface area contributed by atoms with E-state index in [4.69, 9.17) is 0 Å². The lowest BCUT2D eigenvalue weighted by atomic mass is 9.83. The predicted molar refractivity (Wildman–Crippen MR) is 118 cm³/mol. The molecule has 2 fully saturated rings. The minimum absolute atomic E-state index is 0.147. The molecule has 1 aliphatic carbocycles. The van der Waals surface area contributed by atoms with Crippen molar-refractivity contribution in [2.75, 3.05) is 43.4 Å². The molecule has 1 N–H and O–H groups in total. The van der Waals surface area contributed by atoms with Crippen LogP contribution in [0.15, 0.2) is 34.6 Å². The predicted octanol–water partition coefficient (Wildman–Crippen LogP) is 2.42. The number of likely N-dealkylation sites (N-methyl/N-ethyl adjacent to an activating group) is 1. The van der Waals surface area contributed by atoms with Gasteiger partial charge < -0.3 is 9.80 Å². The summed E-state index contributed by atoms with van der Waals surface area (Å²) in [7, 11) is 2.09. The van der Waals surface area contributed by atoms with Crippen molar-refractivity contribution in [1.29, 1.82) is 0 Å². The van der Waals surface area contributed by atoms with Crippen molar-refractivity contribution in [3.8, 4) is 0 Å².